The number of carbonyl (C=O) groups excluding carboxylic acids is 5. The van der Waals surface area contributed by atoms with E-state index in [0.29, 0.717) is 16.5 Å². The molecule has 3 atom stereocenters. The normalized spacial score (nSPS) is 16.6. The summed E-state index contributed by atoms with van der Waals surface area (Å²) < 4.78 is 23.3. The van der Waals surface area contributed by atoms with Gasteiger partial charge in [0.05, 0.1) is 89.8 Å². The number of β-amino-alcohol motifs (C(OH)–C–C–N with tert-alkyl or cyclic N) is 1. The molecule has 5 N–H and O–H groups in total. The Bertz CT molecular complexity index is 2650. The summed E-state index contributed by atoms with van der Waals surface area (Å²) in [6, 6.07) is 13.7. The van der Waals surface area contributed by atoms with Crippen LogP contribution in [0, 0.1) is 19.3 Å². The Balaban J connectivity index is 0.751. The van der Waals surface area contributed by atoms with Gasteiger partial charge in [-0.05, 0) is 79.8 Å². The molecule has 72 heavy (non-hydrogen) atoms. The van der Waals surface area contributed by atoms with Crippen molar-refractivity contribution in [3.8, 4) is 21.6 Å². The van der Waals surface area contributed by atoms with Crippen LogP contribution in [-0.4, -0.2) is 125 Å². The van der Waals surface area contributed by atoms with E-state index in [1.54, 1.807) is 17.5 Å². The zero-order valence-electron chi connectivity index (χ0n) is 41.6. The molecule has 1 saturated heterocycles. The SMILES string of the molecule is Cc1ncc(-c2ccc3nc(NC(=O)CCOCCOCCOCCC(=O)N[C@H](C(=O)N4C[C@H](O)C[C@H]4C(=O)NCc4ccc(-c5scnc5C)cc4)C(C)(C)C)sc3c2)cc1NC(=O)OC1CCCCC1. The number of nitrogens with one attached hydrogen (secondary N) is 4. The number of rotatable bonds is 22. The number of nitrogens with zero attached hydrogens (tertiary/aromatic N) is 4. The van der Waals surface area contributed by atoms with E-state index >= 15 is 0 Å². The molecule has 2 aromatic carbocycles. The minimum atomic E-state index is -0.947. The molecule has 18 nitrogen and oxygen atoms in total. The van der Waals surface area contributed by atoms with Gasteiger partial charge in [-0.2, -0.15) is 0 Å². The summed E-state index contributed by atoms with van der Waals surface area (Å²) in [5, 5.41) is 22.5. The standard InChI is InChI=1S/C52H66N8O10S2/c1-32-41(57-51(66)70-39-9-7-6-8-10-39)25-37(29-53-32)36-15-16-40-43(26-36)72-50(56-40)59-45(63)18-20-68-22-24-69-23-21-67-19-17-44(62)58-47(52(3,4)5)49(65)60-30-38(61)27-42(60)48(64)54-28-34-11-13-35(14-12-34)46-33(2)55-31-71-46/h11-16,25-26,29,31,38-39,42,47,61H,6-10,17-24,27-28,30H2,1-5H3,(H,54,64)(H,57,66)(H,58,62)(H,56,59,63)/t38-,42+,47-/m1/s1. The largest absolute Gasteiger partial charge is 0.446 e. The minimum absolute atomic E-state index is 0.00162. The third kappa shape index (κ3) is 15.3. The highest BCUT2D eigenvalue weighted by atomic mass is 32.1. The van der Waals surface area contributed by atoms with Crippen molar-refractivity contribution in [1.29, 1.82) is 0 Å². The molecule has 7 rings (SSSR count). The number of aliphatic hydroxyl groups is 1. The first kappa shape index (κ1) is 53.9. The van der Waals surface area contributed by atoms with E-state index in [1.165, 1.54) is 22.7 Å². The van der Waals surface area contributed by atoms with E-state index in [2.05, 4.69) is 36.2 Å². The second-order valence-corrected chi connectivity index (χ2v) is 21.1. The van der Waals surface area contributed by atoms with Crippen LogP contribution in [0.15, 0.2) is 60.2 Å². The predicted octanol–water partition coefficient (Wildman–Crippen LogP) is 7.56. The van der Waals surface area contributed by atoms with Crippen molar-refractivity contribution >= 4 is 73.4 Å². The number of anilines is 2. The number of carbonyl (C=O) groups is 5. The Morgan fingerprint density at radius 2 is 1.49 bits per heavy atom. The molecule has 0 unspecified atom stereocenters. The van der Waals surface area contributed by atoms with Crippen LogP contribution in [0.4, 0.5) is 15.6 Å². The number of aryl methyl sites for hydroxylation is 2. The predicted molar refractivity (Wildman–Crippen MR) is 277 cm³/mol. The highest BCUT2D eigenvalue weighted by Gasteiger charge is 2.44. The maximum Gasteiger partial charge on any atom is 0.411 e. The maximum absolute atomic E-state index is 14.0. The first-order chi connectivity index (χ1) is 34.6. The Labute approximate surface area is 428 Å². The summed E-state index contributed by atoms with van der Waals surface area (Å²) in [6.45, 7) is 10.9. The van der Waals surface area contributed by atoms with Gasteiger partial charge in [-0.15, -0.1) is 11.3 Å². The third-order valence-electron chi connectivity index (χ3n) is 12.5. The van der Waals surface area contributed by atoms with Crippen molar-refractivity contribution in [1.82, 2.24) is 30.5 Å². The number of aromatic nitrogens is 3. The molecular weight excluding hydrogens is 961 g/mol. The van der Waals surface area contributed by atoms with Gasteiger partial charge < -0.3 is 44.9 Å². The van der Waals surface area contributed by atoms with Gasteiger partial charge in [-0.25, -0.2) is 14.8 Å². The van der Waals surface area contributed by atoms with E-state index in [4.69, 9.17) is 18.9 Å². The van der Waals surface area contributed by atoms with Gasteiger partial charge in [0.25, 0.3) is 0 Å². The number of pyridine rings is 1. The maximum atomic E-state index is 14.0. The van der Waals surface area contributed by atoms with Crippen molar-refractivity contribution in [2.45, 2.75) is 117 Å². The summed E-state index contributed by atoms with van der Waals surface area (Å²) in [7, 11) is 0. The summed E-state index contributed by atoms with van der Waals surface area (Å²) in [5.74, 6) is -1.43. The van der Waals surface area contributed by atoms with Crippen molar-refractivity contribution in [3.05, 3.63) is 77.2 Å². The lowest BCUT2D eigenvalue weighted by molar-refractivity contribution is -0.144. The molecule has 0 bridgehead atoms. The van der Waals surface area contributed by atoms with Gasteiger partial charge in [-0.3, -0.25) is 29.5 Å². The van der Waals surface area contributed by atoms with Crippen LogP contribution >= 0.6 is 22.7 Å². The second kappa shape index (κ2) is 25.7. The molecule has 4 heterocycles. The van der Waals surface area contributed by atoms with E-state index in [0.717, 1.165) is 68.7 Å². The lowest BCUT2D eigenvalue weighted by Crippen LogP contribution is -2.57. The third-order valence-corrected chi connectivity index (χ3v) is 14.4. The highest BCUT2D eigenvalue weighted by Crippen LogP contribution is 2.33. The fourth-order valence-corrected chi connectivity index (χ4v) is 10.2. The summed E-state index contributed by atoms with van der Waals surface area (Å²) >= 11 is 2.93. The van der Waals surface area contributed by atoms with Crippen LogP contribution in [0.25, 0.3) is 31.8 Å². The minimum Gasteiger partial charge on any atom is -0.446 e. The zero-order chi connectivity index (χ0) is 51.2. The zero-order valence-corrected chi connectivity index (χ0v) is 43.3. The Morgan fingerprint density at radius 3 is 2.17 bits per heavy atom. The molecule has 5 aromatic rings. The van der Waals surface area contributed by atoms with E-state index in [-0.39, 0.29) is 95.8 Å². The molecule has 2 aliphatic rings. The van der Waals surface area contributed by atoms with Crippen LogP contribution < -0.4 is 21.3 Å². The molecule has 0 spiro atoms. The first-order valence-electron chi connectivity index (χ1n) is 24.5. The summed E-state index contributed by atoms with van der Waals surface area (Å²) in [5.41, 5.74) is 7.73. The number of aliphatic hydroxyl groups excluding tert-OH is 1. The number of hydrogen-bond acceptors (Lipinski definition) is 15. The van der Waals surface area contributed by atoms with Crippen LogP contribution in [0.2, 0.25) is 0 Å². The molecule has 1 aliphatic carbocycles. The molecular formula is C52H66N8O10S2. The van der Waals surface area contributed by atoms with Gasteiger partial charge in [0.1, 0.15) is 18.2 Å². The second-order valence-electron chi connectivity index (χ2n) is 19.2. The molecule has 2 fully saturated rings. The van der Waals surface area contributed by atoms with Gasteiger partial charge >= 0.3 is 6.09 Å². The van der Waals surface area contributed by atoms with E-state index in [1.807, 2.05) is 88.7 Å². The fraction of sp³-hybridized carbons (Fsp3) is 0.500. The molecule has 1 saturated carbocycles. The molecule has 386 valence electrons. The molecule has 1 aliphatic heterocycles. The number of benzene rings is 2. The van der Waals surface area contributed by atoms with Crippen LogP contribution in [0.3, 0.4) is 0 Å². The Hall–Kier alpha value is -5.90. The molecule has 3 aromatic heterocycles. The van der Waals surface area contributed by atoms with Crippen LogP contribution in [0.1, 0.15) is 89.1 Å². The first-order valence-corrected chi connectivity index (χ1v) is 26.2. The van der Waals surface area contributed by atoms with Gasteiger partial charge in [0.15, 0.2) is 5.13 Å². The van der Waals surface area contributed by atoms with Crippen LogP contribution in [0.5, 0.6) is 0 Å². The van der Waals surface area contributed by atoms with Gasteiger partial charge in [-0.1, -0.05) is 68.9 Å². The Kier molecular flexibility index (Phi) is 19.2. The molecule has 5 amide bonds. The molecule has 20 heteroatoms. The average molecular weight is 1030 g/mol. The van der Waals surface area contributed by atoms with Crippen molar-refractivity contribution < 1.29 is 48.0 Å². The number of fused-ring (bicyclic) bond motifs is 1. The lowest BCUT2D eigenvalue weighted by atomic mass is 9.85. The van der Waals surface area contributed by atoms with E-state index < -0.39 is 35.6 Å². The number of hydrogen-bond donors (Lipinski definition) is 5. The Morgan fingerprint density at radius 1 is 0.806 bits per heavy atom. The van der Waals surface area contributed by atoms with Crippen molar-refractivity contribution in [2.24, 2.45) is 5.41 Å². The summed E-state index contributed by atoms with van der Waals surface area (Å²) in [4.78, 5) is 81.6. The van der Waals surface area contributed by atoms with Crippen molar-refractivity contribution in [2.75, 3.05) is 56.8 Å². The lowest BCUT2D eigenvalue weighted by Gasteiger charge is -2.35. The monoisotopic (exact) mass is 1030 g/mol. The van der Waals surface area contributed by atoms with Crippen molar-refractivity contribution in [3.63, 3.8) is 0 Å². The van der Waals surface area contributed by atoms with Gasteiger partial charge in [0, 0.05) is 37.7 Å². The average Bonchev–Trinajstić information content (AvgIpc) is 4.09. The quantitative estimate of drug-likeness (QED) is 0.0422. The number of likely N-dealkylation sites (tertiary alicyclic amines) is 1. The number of amides is 5. The highest BCUT2D eigenvalue weighted by molar-refractivity contribution is 7.22. The smallest absolute Gasteiger partial charge is 0.411 e. The number of ether oxygens (including phenoxy) is 4. The fourth-order valence-electron chi connectivity index (χ4n) is 8.52. The topological polar surface area (TPSA) is 233 Å². The van der Waals surface area contributed by atoms with Crippen LogP contribution in [-0.2, 0) is 44.7 Å². The molecule has 0 radical (unpaired) electrons. The summed E-state index contributed by atoms with van der Waals surface area (Å²) in [6.07, 6.45) is 5.68. The van der Waals surface area contributed by atoms with E-state index in [9.17, 15) is 29.1 Å². The number of thiazole rings is 2. The van der Waals surface area contributed by atoms with Gasteiger partial charge in [0.2, 0.25) is 23.6 Å².